The first-order valence-electron chi connectivity index (χ1n) is 7.17. The molecule has 2 aromatic rings. The van der Waals surface area contributed by atoms with Gasteiger partial charge in [-0.05, 0) is 26.7 Å². The zero-order valence-electron chi connectivity index (χ0n) is 13.0. The maximum absolute atomic E-state index is 14.5. The Bertz CT molecular complexity index is 1040. The normalized spacial score (nSPS) is 15.4. The highest BCUT2D eigenvalue weighted by atomic mass is 19.2. The van der Waals surface area contributed by atoms with Gasteiger partial charge in [0.25, 0.3) is 0 Å². The summed E-state index contributed by atoms with van der Waals surface area (Å²) in [6.45, 7) is 3.15. The molecule has 0 bridgehead atoms. The van der Waals surface area contributed by atoms with Crippen molar-refractivity contribution in [1.29, 1.82) is 0 Å². The van der Waals surface area contributed by atoms with Gasteiger partial charge in [-0.2, -0.15) is 4.39 Å². The van der Waals surface area contributed by atoms with Crippen LogP contribution < -0.4 is 5.43 Å². The van der Waals surface area contributed by atoms with Gasteiger partial charge in [0.05, 0.1) is 10.4 Å². The maximum atomic E-state index is 14.5. The maximum Gasteiger partial charge on any atom is 0.341 e. The van der Waals surface area contributed by atoms with Gasteiger partial charge in [0.2, 0.25) is 17.1 Å². The van der Waals surface area contributed by atoms with Gasteiger partial charge in [0.15, 0.2) is 5.82 Å². The van der Waals surface area contributed by atoms with Crippen LogP contribution in [-0.2, 0) is 12.0 Å². The van der Waals surface area contributed by atoms with Crippen molar-refractivity contribution in [2.45, 2.75) is 32.2 Å². The molecular formula is C15H11F3N2O5. The molecule has 3 rings (SSSR count). The van der Waals surface area contributed by atoms with Crippen LogP contribution in [-0.4, -0.2) is 20.6 Å². The van der Waals surface area contributed by atoms with Crippen molar-refractivity contribution in [2.24, 2.45) is 0 Å². The Balaban J connectivity index is 2.77. The molecule has 1 N–H and O–H groups in total. The molecule has 0 radical (unpaired) electrons. The summed E-state index contributed by atoms with van der Waals surface area (Å²) in [6.07, 6.45) is 0.365. The van der Waals surface area contributed by atoms with Gasteiger partial charge in [-0.3, -0.25) is 14.9 Å². The van der Waals surface area contributed by atoms with Crippen molar-refractivity contribution < 1.29 is 28.0 Å². The van der Waals surface area contributed by atoms with Gasteiger partial charge >= 0.3 is 11.7 Å². The van der Waals surface area contributed by atoms with Gasteiger partial charge in [-0.1, -0.05) is 0 Å². The molecule has 1 aliphatic heterocycles. The molecule has 0 fully saturated rings. The van der Waals surface area contributed by atoms with Gasteiger partial charge in [0, 0.05) is 11.2 Å². The zero-order valence-corrected chi connectivity index (χ0v) is 13.0. The van der Waals surface area contributed by atoms with Gasteiger partial charge < -0.3 is 9.67 Å². The van der Waals surface area contributed by atoms with Crippen LogP contribution in [0.5, 0.6) is 0 Å². The molecule has 0 unspecified atom stereocenters. The Morgan fingerprint density at radius 2 is 1.84 bits per heavy atom. The largest absolute Gasteiger partial charge is 0.477 e. The minimum Gasteiger partial charge on any atom is -0.477 e. The van der Waals surface area contributed by atoms with Crippen molar-refractivity contribution in [3.63, 3.8) is 0 Å². The van der Waals surface area contributed by atoms with Crippen LogP contribution >= 0.6 is 0 Å². The lowest BCUT2D eigenvalue weighted by molar-refractivity contribution is -0.386. The third-order valence-electron chi connectivity index (χ3n) is 4.49. The number of carboxylic acids is 1. The van der Waals surface area contributed by atoms with E-state index >= 15 is 0 Å². The van der Waals surface area contributed by atoms with E-state index in [2.05, 4.69) is 0 Å². The summed E-state index contributed by atoms with van der Waals surface area (Å²) in [7, 11) is 0. The number of pyridine rings is 1. The van der Waals surface area contributed by atoms with E-state index in [9.17, 15) is 38.0 Å². The van der Waals surface area contributed by atoms with Crippen LogP contribution in [0.15, 0.2) is 4.79 Å². The van der Waals surface area contributed by atoms with E-state index in [0.29, 0.717) is 0 Å². The van der Waals surface area contributed by atoms with Crippen LogP contribution in [0.3, 0.4) is 0 Å². The summed E-state index contributed by atoms with van der Waals surface area (Å²) in [5, 5.41) is 19.4. The second kappa shape index (κ2) is 5.04. The quantitative estimate of drug-likeness (QED) is 0.506. The standard InChI is InChI=1S/C15H11F3N2O5/c1-15(2)4-3-5-6(14(22)23)13(21)7-11(19(5)15)9(17)8(16)10(18)12(7)20(24)25/h3-4H2,1-2H3,(H,22,23). The highest BCUT2D eigenvalue weighted by Gasteiger charge is 2.41. The molecule has 1 aliphatic rings. The number of benzene rings is 1. The molecule has 2 heterocycles. The first-order chi connectivity index (χ1) is 11.5. The summed E-state index contributed by atoms with van der Waals surface area (Å²) < 4.78 is 43.4. The molecule has 25 heavy (non-hydrogen) atoms. The second-order valence-corrected chi connectivity index (χ2v) is 6.38. The van der Waals surface area contributed by atoms with E-state index in [-0.39, 0.29) is 18.5 Å². The number of carboxylic acid groups (broad SMARTS) is 1. The molecule has 0 spiro atoms. The summed E-state index contributed by atoms with van der Waals surface area (Å²) in [6, 6.07) is 0. The smallest absolute Gasteiger partial charge is 0.341 e. The Morgan fingerprint density at radius 1 is 1.24 bits per heavy atom. The van der Waals surface area contributed by atoms with Crippen LogP contribution in [0.25, 0.3) is 10.9 Å². The molecule has 0 saturated carbocycles. The van der Waals surface area contributed by atoms with Crippen LogP contribution in [0.1, 0.15) is 36.3 Å². The summed E-state index contributed by atoms with van der Waals surface area (Å²) in [4.78, 5) is 33.9. The topological polar surface area (TPSA) is 102 Å². The molecular weight excluding hydrogens is 345 g/mol. The molecule has 132 valence electrons. The number of halogens is 3. The third-order valence-corrected chi connectivity index (χ3v) is 4.49. The molecule has 10 heteroatoms. The number of aromatic carboxylic acids is 1. The molecule has 0 atom stereocenters. The predicted octanol–water partition coefficient (Wildman–Crippen LogP) is 2.71. The van der Waals surface area contributed by atoms with Gasteiger partial charge in [-0.25, -0.2) is 13.6 Å². The molecule has 7 nitrogen and oxygen atoms in total. The monoisotopic (exact) mass is 356 g/mol. The fourth-order valence-electron chi connectivity index (χ4n) is 3.40. The fourth-order valence-corrected chi connectivity index (χ4v) is 3.40. The number of hydrogen-bond acceptors (Lipinski definition) is 4. The zero-order chi connectivity index (χ0) is 18.8. The first-order valence-corrected chi connectivity index (χ1v) is 7.17. The number of carbonyl (C=O) groups is 1. The van der Waals surface area contributed by atoms with E-state index in [1.165, 1.54) is 0 Å². The Labute approximate surface area is 137 Å². The SMILES string of the molecule is CC1(C)CCc2c(C(=O)O)c(=O)c3c([N+](=O)[O-])c(F)c(F)c(F)c3n21. The van der Waals surface area contributed by atoms with Crippen LogP contribution in [0, 0.1) is 27.6 Å². The number of aromatic nitrogens is 1. The molecule has 0 saturated heterocycles. The minimum atomic E-state index is -2.14. The lowest BCUT2D eigenvalue weighted by Gasteiger charge is -2.26. The van der Waals surface area contributed by atoms with Crippen molar-refractivity contribution in [3.8, 4) is 0 Å². The van der Waals surface area contributed by atoms with E-state index in [1.807, 2.05) is 0 Å². The van der Waals surface area contributed by atoms with E-state index < -0.39 is 61.5 Å². The van der Waals surface area contributed by atoms with Crippen molar-refractivity contribution in [2.75, 3.05) is 0 Å². The second-order valence-electron chi connectivity index (χ2n) is 6.38. The van der Waals surface area contributed by atoms with E-state index in [0.717, 1.165) is 4.57 Å². The Kier molecular flexibility index (Phi) is 3.41. The summed E-state index contributed by atoms with van der Waals surface area (Å²) in [5.41, 5.74) is -5.60. The lowest BCUT2D eigenvalue weighted by atomic mass is 10.0. The molecule has 1 aromatic carbocycles. The average Bonchev–Trinajstić information content (AvgIpc) is 2.80. The van der Waals surface area contributed by atoms with E-state index in [4.69, 9.17) is 0 Å². The van der Waals surface area contributed by atoms with Gasteiger partial charge in [-0.15, -0.1) is 0 Å². The molecule has 0 amide bonds. The van der Waals surface area contributed by atoms with Crippen molar-refractivity contribution in [1.82, 2.24) is 4.57 Å². The fraction of sp³-hybridized carbons (Fsp3) is 0.333. The number of hydrogen-bond donors (Lipinski definition) is 1. The van der Waals surface area contributed by atoms with Crippen molar-refractivity contribution in [3.05, 3.63) is 49.0 Å². The Morgan fingerprint density at radius 3 is 2.36 bits per heavy atom. The highest BCUT2D eigenvalue weighted by molar-refractivity contribution is 5.98. The predicted molar refractivity (Wildman–Crippen MR) is 79.3 cm³/mol. The van der Waals surface area contributed by atoms with Crippen LogP contribution in [0.4, 0.5) is 18.9 Å². The van der Waals surface area contributed by atoms with Crippen molar-refractivity contribution >= 4 is 22.6 Å². The third kappa shape index (κ3) is 2.06. The summed E-state index contributed by atoms with van der Waals surface area (Å²) >= 11 is 0. The summed E-state index contributed by atoms with van der Waals surface area (Å²) in [5.74, 6) is -7.66. The molecule has 0 aliphatic carbocycles. The number of rotatable bonds is 2. The lowest BCUT2D eigenvalue weighted by Crippen LogP contribution is -2.29. The molecule has 1 aromatic heterocycles. The van der Waals surface area contributed by atoms with Gasteiger partial charge in [0.1, 0.15) is 10.9 Å². The number of nitro groups is 1. The Hall–Kier alpha value is -2.91. The number of nitrogens with zero attached hydrogens (tertiary/aromatic N) is 2. The number of nitro benzene ring substituents is 1. The average molecular weight is 356 g/mol. The minimum absolute atomic E-state index is 0.0748. The highest BCUT2D eigenvalue weighted by Crippen LogP contribution is 2.40. The first kappa shape index (κ1) is 16.9. The van der Waals surface area contributed by atoms with E-state index in [1.54, 1.807) is 13.8 Å². The number of fused-ring (bicyclic) bond motifs is 3. The van der Waals surface area contributed by atoms with Crippen LogP contribution in [0.2, 0.25) is 0 Å².